The molecule has 1 atom stereocenters. The third-order valence-corrected chi connectivity index (χ3v) is 2.89. The normalized spacial score (nSPS) is 12.6. The van der Waals surface area contributed by atoms with Gasteiger partial charge in [0.2, 0.25) is 0 Å². The predicted molar refractivity (Wildman–Crippen MR) is 71.5 cm³/mol. The molecule has 2 N–H and O–H groups in total. The van der Waals surface area contributed by atoms with Gasteiger partial charge in [0.1, 0.15) is 6.61 Å². The maximum Gasteiger partial charge on any atom is 0.272 e. The van der Waals surface area contributed by atoms with Gasteiger partial charge in [0.25, 0.3) is 6.43 Å². The summed E-state index contributed by atoms with van der Waals surface area (Å²) >= 11 is 5.97. The Morgan fingerprint density at radius 3 is 2.58 bits per heavy atom. The summed E-state index contributed by atoms with van der Waals surface area (Å²) in [5.74, 6) is 0.627. The third-order valence-electron chi connectivity index (χ3n) is 2.68. The van der Waals surface area contributed by atoms with E-state index in [0.717, 1.165) is 6.42 Å². The number of hydrogen-bond acceptors (Lipinski definition) is 3. The summed E-state index contributed by atoms with van der Waals surface area (Å²) in [6, 6.07) is 3.11. The first-order valence-corrected chi connectivity index (χ1v) is 6.38. The molecule has 3 nitrogen and oxygen atoms in total. The molecule has 1 aromatic carbocycles. The number of methoxy groups -OCH3 is 1. The van der Waals surface area contributed by atoms with Gasteiger partial charge >= 0.3 is 0 Å². The summed E-state index contributed by atoms with van der Waals surface area (Å²) in [6.07, 6.45) is -1.29. The van der Waals surface area contributed by atoms with E-state index in [-0.39, 0.29) is 11.8 Å². The maximum absolute atomic E-state index is 12.3. The number of hydrogen-bond donors (Lipinski definition) is 1. The minimum Gasteiger partial charge on any atom is -0.493 e. The van der Waals surface area contributed by atoms with Gasteiger partial charge in [-0.25, -0.2) is 8.78 Å². The van der Waals surface area contributed by atoms with Crippen molar-refractivity contribution >= 4 is 11.6 Å². The number of halogens is 3. The summed E-state index contributed by atoms with van der Waals surface area (Å²) in [4.78, 5) is 0. The molecule has 19 heavy (non-hydrogen) atoms. The Balaban J connectivity index is 3.06. The van der Waals surface area contributed by atoms with E-state index in [1.165, 1.54) is 13.2 Å². The van der Waals surface area contributed by atoms with E-state index in [0.29, 0.717) is 22.8 Å². The van der Waals surface area contributed by atoms with Gasteiger partial charge < -0.3 is 15.2 Å². The molecule has 0 aliphatic rings. The van der Waals surface area contributed by atoms with E-state index in [1.807, 2.05) is 6.92 Å². The second-order valence-corrected chi connectivity index (χ2v) is 4.61. The Morgan fingerprint density at radius 1 is 1.37 bits per heavy atom. The second kappa shape index (κ2) is 7.50. The van der Waals surface area contributed by atoms with Crippen LogP contribution in [-0.4, -0.2) is 26.2 Å². The van der Waals surface area contributed by atoms with Crippen LogP contribution in [0, 0.1) is 0 Å². The van der Waals surface area contributed by atoms with Crippen LogP contribution in [0.3, 0.4) is 0 Å². The van der Waals surface area contributed by atoms with E-state index in [2.05, 4.69) is 0 Å². The van der Waals surface area contributed by atoms with Crippen LogP contribution in [0.2, 0.25) is 5.02 Å². The summed E-state index contributed by atoms with van der Waals surface area (Å²) in [5.41, 5.74) is 6.56. The standard InChI is InChI=1S/C13H18ClF2NO2/c1-3-10(17)5-8-4-9(14)6-11(18-2)13(8)19-7-12(15)16/h4,6,10,12H,3,5,7,17H2,1-2H3. The first-order valence-electron chi connectivity index (χ1n) is 6.00. The molecule has 0 aliphatic carbocycles. The molecule has 0 aliphatic heterocycles. The zero-order valence-corrected chi connectivity index (χ0v) is 11.7. The Hall–Kier alpha value is -1.07. The van der Waals surface area contributed by atoms with Gasteiger partial charge in [-0.15, -0.1) is 0 Å². The lowest BCUT2D eigenvalue weighted by molar-refractivity contribution is 0.0799. The Labute approximate surface area is 116 Å². The first kappa shape index (κ1) is 16.0. The highest BCUT2D eigenvalue weighted by atomic mass is 35.5. The van der Waals surface area contributed by atoms with Crippen LogP contribution in [0.15, 0.2) is 12.1 Å². The predicted octanol–water partition coefficient (Wildman–Crippen LogP) is 3.27. The van der Waals surface area contributed by atoms with Gasteiger partial charge in [0.15, 0.2) is 11.5 Å². The maximum atomic E-state index is 12.3. The van der Waals surface area contributed by atoms with Crippen molar-refractivity contribution in [2.45, 2.75) is 32.2 Å². The third kappa shape index (κ3) is 4.84. The first-order chi connectivity index (χ1) is 8.97. The molecule has 1 aromatic rings. The minimum absolute atomic E-state index is 0.0860. The Kier molecular flexibility index (Phi) is 6.31. The van der Waals surface area contributed by atoms with Crippen molar-refractivity contribution in [3.63, 3.8) is 0 Å². The topological polar surface area (TPSA) is 44.5 Å². The van der Waals surface area contributed by atoms with Crippen LogP contribution in [0.4, 0.5) is 8.78 Å². The van der Waals surface area contributed by atoms with Gasteiger partial charge in [-0.05, 0) is 18.9 Å². The van der Waals surface area contributed by atoms with Gasteiger partial charge in [-0.3, -0.25) is 0 Å². The van der Waals surface area contributed by atoms with Crippen molar-refractivity contribution in [1.29, 1.82) is 0 Å². The number of alkyl halides is 2. The SMILES string of the molecule is CCC(N)Cc1cc(Cl)cc(OC)c1OCC(F)F. The average molecular weight is 294 g/mol. The zero-order valence-electron chi connectivity index (χ0n) is 11.0. The van der Waals surface area contributed by atoms with Crippen LogP contribution in [0.5, 0.6) is 11.5 Å². The van der Waals surface area contributed by atoms with Crippen molar-refractivity contribution in [3.8, 4) is 11.5 Å². The van der Waals surface area contributed by atoms with Gasteiger partial charge in [-0.2, -0.15) is 0 Å². The highest BCUT2D eigenvalue weighted by Crippen LogP contribution is 2.35. The molecule has 1 unspecified atom stereocenters. The van der Waals surface area contributed by atoms with Crippen molar-refractivity contribution in [3.05, 3.63) is 22.7 Å². The van der Waals surface area contributed by atoms with Gasteiger partial charge in [0, 0.05) is 22.7 Å². The molecule has 0 saturated carbocycles. The lowest BCUT2D eigenvalue weighted by atomic mass is 10.0. The number of nitrogens with two attached hydrogens (primary N) is 1. The lowest BCUT2D eigenvalue weighted by Crippen LogP contribution is -2.22. The fraction of sp³-hybridized carbons (Fsp3) is 0.538. The molecular weight excluding hydrogens is 276 g/mol. The molecule has 0 amide bonds. The number of benzene rings is 1. The van der Waals surface area contributed by atoms with Crippen molar-refractivity contribution in [1.82, 2.24) is 0 Å². The quantitative estimate of drug-likeness (QED) is 0.839. The van der Waals surface area contributed by atoms with Crippen LogP contribution in [0.25, 0.3) is 0 Å². The summed E-state index contributed by atoms with van der Waals surface area (Å²) in [7, 11) is 1.43. The summed E-state index contributed by atoms with van der Waals surface area (Å²) < 4.78 is 34.8. The zero-order chi connectivity index (χ0) is 14.4. The van der Waals surface area contributed by atoms with Crippen LogP contribution >= 0.6 is 11.6 Å². The highest BCUT2D eigenvalue weighted by Gasteiger charge is 2.16. The van der Waals surface area contributed by atoms with E-state index in [4.69, 9.17) is 26.8 Å². The second-order valence-electron chi connectivity index (χ2n) is 4.17. The van der Waals surface area contributed by atoms with E-state index >= 15 is 0 Å². The molecule has 0 saturated heterocycles. The molecule has 0 radical (unpaired) electrons. The number of ether oxygens (including phenoxy) is 2. The minimum atomic E-state index is -2.55. The fourth-order valence-electron chi connectivity index (χ4n) is 1.66. The molecular formula is C13H18ClF2NO2. The van der Waals surface area contributed by atoms with Crippen molar-refractivity contribution < 1.29 is 18.3 Å². The summed E-state index contributed by atoms with van der Waals surface area (Å²) in [5, 5.41) is 0.458. The van der Waals surface area contributed by atoms with Crippen LogP contribution in [-0.2, 0) is 6.42 Å². The largest absolute Gasteiger partial charge is 0.493 e. The molecule has 0 fully saturated rings. The molecule has 0 heterocycles. The van der Waals surface area contributed by atoms with E-state index in [9.17, 15) is 8.78 Å². The smallest absolute Gasteiger partial charge is 0.272 e. The van der Waals surface area contributed by atoms with Gasteiger partial charge in [-0.1, -0.05) is 18.5 Å². The molecule has 0 bridgehead atoms. The molecule has 6 heteroatoms. The van der Waals surface area contributed by atoms with E-state index in [1.54, 1.807) is 6.07 Å². The van der Waals surface area contributed by atoms with Crippen LogP contribution < -0.4 is 15.2 Å². The molecule has 108 valence electrons. The fourth-order valence-corrected chi connectivity index (χ4v) is 1.89. The van der Waals surface area contributed by atoms with Crippen LogP contribution in [0.1, 0.15) is 18.9 Å². The Bertz CT molecular complexity index is 416. The molecule has 0 aromatic heterocycles. The molecule has 0 spiro atoms. The molecule has 1 rings (SSSR count). The average Bonchev–Trinajstić information content (AvgIpc) is 2.36. The highest BCUT2D eigenvalue weighted by molar-refractivity contribution is 6.30. The number of rotatable bonds is 7. The van der Waals surface area contributed by atoms with Crippen molar-refractivity contribution in [2.24, 2.45) is 5.73 Å². The Morgan fingerprint density at radius 2 is 2.05 bits per heavy atom. The summed E-state index contributed by atoms with van der Waals surface area (Å²) in [6.45, 7) is 1.26. The monoisotopic (exact) mass is 293 g/mol. The van der Waals surface area contributed by atoms with Crippen molar-refractivity contribution in [2.75, 3.05) is 13.7 Å². The van der Waals surface area contributed by atoms with Gasteiger partial charge in [0.05, 0.1) is 7.11 Å². The van der Waals surface area contributed by atoms with E-state index < -0.39 is 13.0 Å². The lowest BCUT2D eigenvalue weighted by Gasteiger charge is -2.17.